The third-order valence-corrected chi connectivity index (χ3v) is 14.4. The maximum atomic E-state index is 13.0. The lowest BCUT2D eigenvalue weighted by molar-refractivity contribution is -0.0804. The van der Waals surface area contributed by atoms with E-state index in [1.165, 1.54) is 36.7 Å². The maximum Gasteiger partial charge on any atom is 0.330 e. The van der Waals surface area contributed by atoms with E-state index in [9.17, 15) is 9.59 Å². The third kappa shape index (κ3) is 7.04. The number of rotatable bonds is 11. The van der Waals surface area contributed by atoms with E-state index in [2.05, 4.69) is 22.2 Å². The quantitative estimate of drug-likeness (QED) is 0.128. The van der Waals surface area contributed by atoms with Crippen molar-refractivity contribution in [1.82, 2.24) is 14.6 Å². The van der Waals surface area contributed by atoms with Crippen LogP contribution in [0.25, 0.3) is 0 Å². The third-order valence-electron chi connectivity index (χ3n) is 10.1. The van der Waals surface area contributed by atoms with Crippen molar-refractivity contribution in [3.05, 3.63) is 128 Å². The fourth-order valence-electron chi connectivity index (χ4n) is 7.31. The van der Waals surface area contributed by atoms with Crippen LogP contribution < -0.4 is 25.8 Å². The van der Waals surface area contributed by atoms with Crippen molar-refractivity contribution >= 4 is 18.9 Å². The Balaban J connectivity index is 1.25. The van der Waals surface area contributed by atoms with E-state index in [-0.39, 0.29) is 17.4 Å². The van der Waals surface area contributed by atoms with Crippen molar-refractivity contribution in [2.75, 3.05) is 27.4 Å². The number of methoxy groups -OCH3 is 2. The molecule has 2 N–H and O–H groups in total. The van der Waals surface area contributed by atoms with Crippen molar-refractivity contribution in [3.8, 4) is 11.5 Å². The first-order valence-electron chi connectivity index (χ1n) is 17.2. The summed E-state index contributed by atoms with van der Waals surface area (Å²) < 4.78 is 33.1. The van der Waals surface area contributed by atoms with Gasteiger partial charge in [0.05, 0.1) is 33.5 Å². The molecule has 0 radical (unpaired) electrons. The van der Waals surface area contributed by atoms with Gasteiger partial charge in [0, 0.05) is 29.0 Å². The molecule has 264 valence electrons. The summed E-state index contributed by atoms with van der Waals surface area (Å²) in [6, 6.07) is 25.9. The van der Waals surface area contributed by atoms with Gasteiger partial charge in [0.1, 0.15) is 23.3 Å². The van der Waals surface area contributed by atoms with Gasteiger partial charge in [-0.2, -0.15) is 0 Å². The number of hydrogen-bond acceptors (Lipinski definition) is 9. The van der Waals surface area contributed by atoms with Gasteiger partial charge in [-0.1, -0.05) is 85.2 Å². The normalized spacial score (nSPS) is 23.3. The first kappa shape index (κ1) is 35.0. The van der Waals surface area contributed by atoms with Crippen molar-refractivity contribution in [3.63, 3.8) is 0 Å². The van der Waals surface area contributed by atoms with Gasteiger partial charge in [0.25, 0.3) is 5.56 Å². The largest absolute Gasteiger partial charge is 0.497 e. The molecule has 1 unspecified atom stereocenters. The second kappa shape index (κ2) is 15.0. The standard InChI is InChI=1S/C38H44N3O7PS/c1-26-23-41(36(43)39-35(26)42)34-22-32(40-49-47-25-37(50-49)20-8-5-9-21-37)33(48-34)24-46-38(27-10-6-4-7-11-27,28-12-16-30(44-2)17-13-28)29-14-18-31(45-3)19-15-29/h4,6-7,10-19,23,32-34,40H,5,8-9,20-22,24-25H2,1-3H3,(H,39,42,43)/t32-,33+,34+,49?/m0/s1. The molecule has 2 saturated heterocycles. The van der Waals surface area contributed by atoms with Crippen LogP contribution in [0.4, 0.5) is 0 Å². The molecule has 1 spiro atoms. The van der Waals surface area contributed by atoms with Crippen molar-refractivity contribution in [2.45, 2.75) is 74.2 Å². The van der Waals surface area contributed by atoms with E-state index in [1.807, 2.05) is 78.1 Å². The van der Waals surface area contributed by atoms with Gasteiger partial charge in [0.15, 0.2) is 7.50 Å². The number of ether oxygens (including phenoxy) is 4. The van der Waals surface area contributed by atoms with Crippen LogP contribution in [0.1, 0.15) is 67.0 Å². The lowest BCUT2D eigenvalue weighted by atomic mass is 9.80. The highest BCUT2D eigenvalue weighted by atomic mass is 32.7. The predicted octanol–water partition coefficient (Wildman–Crippen LogP) is 6.81. The molecule has 3 aliphatic rings. The van der Waals surface area contributed by atoms with Crippen molar-refractivity contribution < 1.29 is 23.5 Å². The lowest BCUT2D eigenvalue weighted by Crippen LogP contribution is -2.41. The van der Waals surface area contributed by atoms with Crippen LogP contribution in [0.3, 0.4) is 0 Å². The highest BCUT2D eigenvalue weighted by molar-refractivity contribution is 8.54. The average molecular weight is 718 g/mol. The van der Waals surface area contributed by atoms with Crippen LogP contribution >= 0.6 is 18.9 Å². The minimum atomic E-state index is -1.03. The van der Waals surface area contributed by atoms with Crippen LogP contribution in [0.15, 0.2) is 94.6 Å². The maximum absolute atomic E-state index is 13.0. The number of nitrogens with one attached hydrogen (secondary N) is 2. The van der Waals surface area contributed by atoms with E-state index in [4.69, 9.17) is 23.5 Å². The van der Waals surface area contributed by atoms with Gasteiger partial charge >= 0.3 is 5.69 Å². The number of aryl methyl sites for hydroxylation is 1. The SMILES string of the molecule is COc1ccc(C(OC[C@H]2O[C@@H](n3cc(C)c(=O)[nH]c3=O)C[C@@H]2NP2OCC3(CCCCC3)S2)(c2ccccc2)c2ccc(OC)cc2)cc1. The van der Waals surface area contributed by atoms with Gasteiger partial charge < -0.3 is 23.5 Å². The van der Waals surface area contributed by atoms with Gasteiger partial charge in [-0.3, -0.25) is 19.4 Å². The zero-order chi connectivity index (χ0) is 34.7. The minimum Gasteiger partial charge on any atom is -0.497 e. The van der Waals surface area contributed by atoms with Crippen LogP contribution in [0.2, 0.25) is 0 Å². The molecule has 1 aromatic heterocycles. The van der Waals surface area contributed by atoms with Crippen LogP contribution in [0.5, 0.6) is 11.5 Å². The van der Waals surface area contributed by atoms with Gasteiger partial charge in [0.2, 0.25) is 0 Å². The summed E-state index contributed by atoms with van der Waals surface area (Å²) in [4.78, 5) is 27.7. The fraction of sp³-hybridized carbons (Fsp3) is 0.421. The molecule has 50 heavy (non-hydrogen) atoms. The first-order chi connectivity index (χ1) is 24.3. The molecule has 3 heterocycles. The smallest absolute Gasteiger partial charge is 0.330 e. The Bertz CT molecular complexity index is 1820. The Hall–Kier alpha value is -3.44. The highest BCUT2D eigenvalue weighted by Gasteiger charge is 2.47. The molecule has 1 saturated carbocycles. The van der Waals surface area contributed by atoms with Gasteiger partial charge in [-0.05, 0) is 60.7 Å². The first-order valence-corrected chi connectivity index (χ1v) is 19.8. The van der Waals surface area contributed by atoms with Gasteiger partial charge in [-0.15, -0.1) is 0 Å². The number of aromatic amines is 1. The van der Waals surface area contributed by atoms with Crippen LogP contribution in [-0.2, 0) is 19.6 Å². The van der Waals surface area contributed by atoms with E-state index in [0.717, 1.165) is 34.8 Å². The number of hydrogen-bond donors (Lipinski definition) is 2. The molecule has 3 fully saturated rings. The second-order valence-electron chi connectivity index (χ2n) is 13.3. The topological polar surface area (TPSA) is 113 Å². The van der Waals surface area contributed by atoms with E-state index in [1.54, 1.807) is 27.3 Å². The molecule has 3 aromatic carbocycles. The zero-order valence-corrected chi connectivity index (χ0v) is 30.3. The van der Waals surface area contributed by atoms with Crippen LogP contribution in [-0.4, -0.2) is 53.9 Å². The Morgan fingerprint density at radius 2 is 1.54 bits per heavy atom. The molecule has 12 heteroatoms. The predicted molar refractivity (Wildman–Crippen MR) is 196 cm³/mol. The molecular formula is C38H44N3O7PS. The lowest BCUT2D eigenvalue weighted by Gasteiger charge is -2.37. The Kier molecular flexibility index (Phi) is 10.5. The number of aromatic nitrogens is 2. The van der Waals surface area contributed by atoms with Gasteiger partial charge in [-0.25, -0.2) is 4.79 Å². The summed E-state index contributed by atoms with van der Waals surface area (Å²) in [6.07, 6.45) is 7.11. The van der Waals surface area contributed by atoms with E-state index >= 15 is 0 Å². The monoisotopic (exact) mass is 717 g/mol. The minimum absolute atomic E-state index is 0.167. The zero-order valence-electron chi connectivity index (χ0n) is 28.6. The molecule has 4 aromatic rings. The summed E-state index contributed by atoms with van der Waals surface area (Å²) >= 11 is 1.94. The molecule has 4 atom stereocenters. The molecule has 1 aliphatic carbocycles. The Labute approximate surface area is 297 Å². The molecular weight excluding hydrogens is 673 g/mol. The molecule has 7 rings (SSSR count). The van der Waals surface area contributed by atoms with Crippen molar-refractivity contribution in [2.24, 2.45) is 0 Å². The van der Waals surface area contributed by atoms with E-state index in [0.29, 0.717) is 12.0 Å². The number of benzene rings is 3. The molecule has 0 bridgehead atoms. The molecule has 0 amide bonds. The Morgan fingerprint density at radius 1 is 0.920 bits per heavy atom. The number of H-pyrrole nitrogens is 1. The summed E-state index contributed by atoms with van der Waals surface area (Å²) in [5, 5.41) is 3.81. The highest BCUT2D eigenvalue weighted by Crippen LogP contribution is 2.65. The summed E-state index contributed by atoms with van der Waals surface area (Å²) in [6.45, 7) is 2.63. The fourth-order valence-corrected chi connectivity index (χ4v) is 12.1. The average Bonchev–Trinajstić information content (AvgIpc) is 3.74. The van der Waals surface area contributed by atoms with Crippen LogP contribution in [0, 0.1) is 6.92 Å². The summed E-state index contributed by atoms with van der Waals surface area (Å²) in [5.74, 6) is 1.48. The second-order valence-corrected chi connectivity index (χ2v) is 16.9. The molecule has 2 aliphatic heterocycles. The van der Waals surface area contributed by atoms with E-state index < -0.39 is 36.7 Å². The number of nitrogens with zero attached hydrogens (tertiary/aromatic N) is 1. The summed E-state index contributed by atoms with van der Waals surface area (Å²) in [7, 11) is 2.32. The summed E-state index contributed by atoms with van der Waals surface area (Å²) in [5.41, 5.74) is 1.28. The molecule has 10 nitrogen and oxygen atoms in total. The Morgan fingerprint density at radius 3 is 2.16 bits per heavy atom. The van der Waals surface area contributed by atoms with Crippen molar-refractivity contribution in [1.29, 1.82) is 0 Å².